The van der Waals surface area contributed by atoms with Crippen LogP contribution in [-0.4, -0.2) is 19.1 Å². The lowest BCUT2D eigenvalue weighted by atomic mass is 9.79. The molecule has 116 valence electrons. The molecular formula is C17H23F2NO. The summed E-state index contributed by atoms with van der Waals surface area (Å²) in [5.41, 5.74) is 2.47. The van der Waals surface area contributed by atoms with Crippen molar-refractivity contribution in [3.8, 4) is 5.75 Å². The quantitative estimate of drug-likeness (QED) is 0.903. The summed E-state index contributed by atoms with van der Waals surface area (Å²) < 4.78 is 32.3. The lowest BCUT2D eigenvalue weighted by molar-refractivity contribution is -0.0497. The van der Waals surface area contributed by atoms with Crippen molar-refractivity contribution in [1.82, 2.24) is 5.32 Å². The molecule has 1 saturated carbocycles. The molecule has 1 aliphatic heterocycles. The lowest BCUT2D eigenvalue weighted by Crippen LogP contribution is -2.34. The molecule has 1 fully saturated rings. The molecular weight excluding hydrogens is 272 g/mol. The van der Waals surface area contributed by atoms with Crippen molar-refractivity contribution in [3.05, 3.63) is 29.3 Å². The number of benzene rings is 1. The van der Waals surface area contributed by atoms with Gasteiger partial charge in [0.25, 0.3) is 0 Å². The Balaban J connectivity index is 1.78. The standard InChI is InChI=1S/C17H23F2NO/c1-2-20-16(12-5-8-17(18,19)9-6-12)14-3-4-15-13(11-14)7-10-21-15/h3-4,11-12,16,20H,2,5-10H2,1H3. The number of ether oxygens (including phenoxy) is 1. The molecule has 0 saturated heterocycles. The molecule has 1 N–H and O–H groups in total. The van der Waals surface area contributed by atoms with E-state index in [9.17, 15) is 8.78 Å². The summed E-state index contributed by atoms with van der Waals surface area (Å²) in [5, 5.41) is 3.50. The number of hydrogen-bond donors (Lipinski definition) is 1. The first kappa shape index (κ1) is 14.8. The Labute approximate surface area is 124 Å². The summed E-state index contributed by atoms with van der Waals surface area (Å²) in [6.45, 7) is 3.67. The SMILES string of the molecule is CCNC(c1ccc2c(c1)CCO2)C1CCC(F)(F)CC1. The van der Waals surface area contributed by atoms with Crippen LogP contribution in [0.2, 0.25) is 0 Å². The minimum Gasteiger partial charge on any atom is -0.493 e. The molecule has 4 heteroatoms. The summed E-state index contributed by atoms with van der Waals surface area (Å²) in [5.74, 6) is -1.19. The van der Waals surface area contributed by atoms with Gasteiger partial charge in [-0.2, -0.15) is 0 Å². The smallest absolute Gasteiger partial charge is 0.248 e. The molecule has 0 bridgehead atoms. The average molecular weight is 295 g/mol. The molecule has 2 nitrogen and oxygen atoms in total. The largest absolute Gasteiger partial charge is 0.493 e. The third-order valence-corrected chi connectivity index (χ3v) is 4.73. The second-order valence-corrected chi connectivity index (χ2v) is 6.19. The Morgan fingerprint density at radius 3 is 2.81 bits per heavy atom. The van der Waals surface area contributed by atoms with Crippen LogP contribution < -0.4 is 10.1 Å². The summed E-state index contributed by atoms with van der Waals surface area (Å²) in [6.07, 6.45) is 2.18. The van der Waals surface area contributed by atoms with E-state index in [-0.39, 0.29) is 18.9 Å². The first-order valence-electron chi connectivity index (χ1n) is 7.96. The molecule has 21 heavy (non-hydrogen) atoms. The van der Waals surface area contributed by atoms with E-state index < -0.39 is 5.92 Å². The van der Waals surface area contributed by atoms with Gasteiger partial charge in [-0.1, -0.05) is 19.1 Å². The first-order chi connectivity index (χ1) is 10.1. The maximum atomic E-state index is 13.4. The minimum absolute atomic E-state index is 0.0214. The third-order valence-electron chi connectivity index (χ3n) is 4.73. The summed E-state index contributed by atoms with van der Waals surface area (Å²) >= 11 is 0. The van der Waals surface area contributed by atoms with Gasteiger partial charge in [-0.15, -0.1) is 0 Å². The Hall–Kier alpha value is -1.16. The van der Waals surface area contributed by atoms with Crippen LogP contribution in [0, 0.1) is 5.92 Å². The molecule has 1 heterocycles. The van der Waals surface area contributed by atoms with Crippen molar-refractivity contribution in [3.63, 3.8) is 0 Å². The highest BCUT2D eigenvalue weighted by atomic mass is 19.3. The topological polar surface area (TPSA) is 21.3 Å². The van der Waals surface area contributed by atoms with Gasteiger partial charge in [0.2, 0.25) is 5.92 Å². The van der Waals surface area contributed by atoms with Crippen molar-refractivity contribution in [2.24, 2.45) is 5.92 Å². The number of rotatable bonds is 4. The molecule has 1 atom stereocenters. The van der Waals surface area contributed by atoms with E-state index in [1.165, 1.54) is 11.1 Å². The fraction of sp³-hybridized carbons (Fsp3) is 0.647. The van der Waals surface area contributed by atoms with Crippen LogP contribution in [0.25, 0.3) is 0 Å². The highest BCUT2D eigenvalue weighted by molar-refractivity contribution is 5.41. The molecule has 1 aromatic carbocycles. The second-order valence-electron chi connectivity index (χ2n) is 6.19. The van der Waals surface area contributed by atoms with Gasteiger partial charge in [-0.25, -0.2) is 8.78 Å². The molecule has 0 spiro atoms. The van der Waals surface area contributed by atoms with Gasteiger partial charge in [0.1, 0.15) is 5.75 Å². The molecule has 2 aliphatic rings. The van der Waals surface area contributed by atoms with Gasteiger partial charge in [0.15, 0.2) is 0 Å². The zero-order chi connectivity index (χ0) is 14.9. The van der Waals surface area contributed by atoms with Gasteiger partial charge >= 0.3 is 0 Å². The summed E-state index contributed by atoms with van der Waals surface area (Å²) in [7, 11) is 0. The molecule has 0 radical (unpaired) electrons. The fourth-order valence-electron chi connectivity index (χ4n) is 3.57. The van der Waals surface area contributed by atoms with Gasteiger partial charge < -0.3 is 10.1 Å². The molecule has 1 unspecified atom stereocenters. The Morgan fingerprint density at radius 1 is 1.33 bits per heavy atom. The van der Waals surface area contributed by atoms with Crippen molar-refractivity contribution in [2.45, 2.75) is 51.0 Å². The number of halogens is 2. The van der Waals surface area contributed by atoms with Crippen molar-refractivity contribution >= 4 is 0 Å². The Morgan fingerprint density at radius 2 is 2.10 bits per heavy atom. The van der Waals surface area contributed by atoms with E-state index >= 15 is 0 Å². The predicted molar refractivity (Wildman–Crippen MR) is 79.0 cm³/mol. The van der Waals surface area contributed by atoms with Crippen LogP contribution in [0.1, 0.15) is 49.8 Å². The monoisotopic (exact) mass is 295 g/mol. The van der Waals surface area contributed by atoms with Crippen LogP contribution in [0.3, 0.4) is 0 Å². The second kappa shape index (κ2) is 5.91. The molecule has 0 amide bonds. The average Bonchev–Trinajstić information content (AvgIpc) is 2.92. The maximum absolute atomic E-state index is 13.4. The molecule has 3 rings (SSSR count). The Kier molecular flexibility index (Phi) is 4.16. The minimum atomic E-state index is -2.46. The molecule has 0 aromatic heterocycles. The first-order valence-corrected chi connectivity index (χ1v) is 7.96. The van der Waals surface area contributed by atoms with Crippen LogP contribution in [0.5, 0.6) is 5.75 Å². The van der Waals surface area contributed by atoms with Gasteiger partial charge in [-0.05, 0) is 42.5 Å². The van der Waals surface area contributed by atoms with E-state index in [1.807, 2.05) is 6.07 Å². The number of fused-ring (bicyclic) bond motifs is 1. The maximum Gasteiger partial charge on any atom is 0.248 e. The van der Waals surface area contributed by atoms with E-state index in [1.54, 1.807) is 0 Å². The van der Waals surface area contributed by atoms with E-state index in [2.05, 4.69) is 24.4 Å². The zero-order valence-corrected chi connectivity index (χ0v) is 12.5. The number of hydrogen-bond acceptors (Lipinski definition) is 2. The molecule has 1 aromatic rings. The fourth-order valence-corrected chi connectivity index (χ4v) is 3.57. The number of nitrogens with one attached hydrogen (secondary N) is 1. The number of alkyl halides is 2. The molecule has 1 aliphatic carbocycles. The van der Waals surface area contributed by atoms with E-state index in [0.717, 1.165) is 25.3 Å². The van der Waals surface area contributed by atoms with Gasteiger partial charge in [0.05, 0.1) is 6.61 Å². The Bertz CT molecular complexity index is 494. The van der Waals surface area contributed by atoms with Crippen LogP contribution in [0.15, 0.2) is 18.2 Å². The van der Waals surface area contributed by atoms with Crippen molar-refractivity contribution in [1.29, 1.82) is 0 Å². The normalized spacial score (nSPS) is 22.6. The van der Waals surface area contributed by atoms with Crippen LogP contribution >= 0.6 is 0 Å². The van der Waals surface area contributed by atoms with E-state index in [4.69, 9.17) is 4.74 Å². The predicted octanol–water partition coefficient (Wildman–Crippen LogP) is 4.10. The van der Waals surface area contributed by atoms with Crippen molar-refractivity contribution in [2.75, 3.05) is 13.2 Å². The highest BCUT2D eigenvalue weighted by Crippen LogP contribution is 2.42. The van der Waals surface area contributed by atoms with Gasteiger partial charge in [-0.3, -0.25) is 0 Å². The zero-order valence-electron chi connectivity index (χ0n) is 12.5. The van der Waals surface area contributed by atoms with Crippen LogP contribution in [-0.2, 0) is 6.42 Å². The third kappa shape index (κ3) is 3.20. The highest BCUT2D eigenvalue weighted by Gasteiger charge is 2.38. The lowest BCUT2D eigenvalue weighted by Gasteiger charge is -2.34. The van der Waals surface area contributed by atoms with E-state index in [0.29, 0.717) is 18.8 Å². The summed E-state index contributed by atoms with van der Waals surface area (Å²) in [4.78, 5) is 0. The van der Waals surface area contributed by atoms with Crippen molar-refractivity contribution < 1.29 is 13.5 Å². The van der Waals surface area contributed by atoms with Gasteiger partial charge in [0, 0.05) is 25.3 Å². The van der Waals surface area contributed by atoms with Crippen LogP contribution in [0.4, 0.5) is 8.78 Å². The summed E-state index contributed by atoms with van der Waals surface area (Å²) in [6, 6.07) is 6.49.